The van der Waals surface area contributed by atoms with Crippen LogP contribution in [0.4, 0.5) is 10.5 Å². The minimum absolute atomic E-state index is 0.00823. The van der Waals surface area contributed by atoms with Crippen LogP contribution in [0.25, 0.3) is 0 Å². The molecular formula is C18H19N3O. The monoisotopic (exact) mass is 293 g/mol. The molecule has 2 amide bonds. The van der Waals surface area contributed by atoms with Crippen LogP contribution in [0.1, 0.15) is 18.5 Å². The average molecular weight is 293 g/mol. The SMILES string of the molecule is C=CN1C(=O)N(C(C)c2ccccc2)C1Nc1ccccc1. The molecule has 1 fully saturated rings. The number of benzene rings is 2. The molecule has 3 rings (SSSR count). The van der Waals surface area contributed by atoms with Gasteiger partial charge in [-0.25, -0.2) is 4.79 Å². The molecule has 2 unspecified atom stereocenters. The second kappa shape index (κ2) is 5.93. The highest BCUT2D eigenvalue weighted by Crippen LogP contribution is 2.33. The Balaban J connectivity index is 1.82. The van der Waals surface area contributed by atoms with Crippen molar-refractivity contribution in [3.8, 4) is 0 Å². The van der Waals surface area contributed by atoms with E-state index in [-0.39, 0.29) is 18.4 Å². The Morgan fingerprint density at radius 2 is 1.68 bits per heavy atom. The number of carbonyl (C=O) groups excluding carboxylic acids is 1. The van der Waals surface area contributed by atoms with Gasteiger partial charge in [-0.05, 0) is 24.6 Å². The number of amides is 2. The van der Waals surface area contributed by atoms with Crippen LogP contribution in [0, 0.1) is 0 Å². The predicted molar refractivity (Wildman–Crippen MR) is 88.0 cm³/mol. The summed E-state index contributed by atoms with van der Waals surface area (Å²) in [5.74, 6) is 0. The number of nitrogens with one attached hydrogen (secondary N) is 1. The summed E-state index contributed by atoms with van der Waals surface area (Å²) in [6.45, 7) is 5.76. The third-order valence-electron chi connectivity index (χ3n) is 3.93. The Bertz CT molecular complexity index is 657. The van der Waals surface area contributed by atoms with Gasteiger partial charge in [-0.1, -0.05) is 55.1 Å². The predicted octanol–water partition coefficient (Wildman–Crippen LogP) is 4.02. The Morgan fingerprint density at radius 3 is 2.27 bits per heavy atom. The molecule has 1 heterocycles. The van der Waals surface area contributed by atoms with E-state index in [0.717, 1.165) is 11.3 Å². The number of hydrogen-bond donors (Lipinski definition) is 1. The summed E-state index contributed by atoms with van der Waals surface area (Å²) >= 11 is 0. The van der Waals surface area contributed by atoms with Gasteiger partial charge in [0, 0.05) is 11.9 Å². The first-order valence-electron chi connectivity index (χ1n) is 7.32. The zero-order valence-electron chi connectivity index (χ0n) is 12.5. The van der Waals surface area contributed by atoms with Crippen LogP contribution in [-0.4, -0.2) is 22.1 Å². The zero-order chi connectivity index (χ0) is 15.5. The quantitative estimate of drug-likeness (QED) is 0.903. The lowest BCUT2D eigenvalue weighted by Gasteiger charge is -2.51. The van der Waals surface area contributed by atoms with Crippen LogP contribution in [-0.2, 0) is 0 Å². The van der Waals surface area contributed by atoms with Crippen molar-refractivity contribution < 1.29 is 4.79 Å². The van der Waals surface area contributed by atoms with Gasteiger partial charge in [-0.2, -0.15) is 0 Å². The molecule has 0 aliphatic carbocycles. The minimum Gasteiger partial charge on any atom is -0.348 e. The molecule has 2 atom stereocenters. The molecule has 0 aromatic heterocycles. The molecule has 0 radical (unpaired) electrons. The Hall–Kier alpha value is -2.75. The first kappa shape index (κ1) is 14.2. The molecule has 2 aromatic carbocycles. The molecule has 0 spiro atoms. The van der Waals surface area contributed by atoms with Gasteiger partial charge in [-0.15, -0.1) is 0 Å². The molecule has 0 saturated carbocycles. The van der Waals surface area contributed by atoms with E-state index in [4.69, 9.17) is 0 Å². The highest BCUT2D eigenvalue weighted by atomic mass is 16.2. The summed E-state index contributed by atoms with van der Waals surface area (Å²) < 4.78 is 0. The Kier molecular flexibility index (Phi) is 3.83. The van der Waals surface area contributed by atoms with Gasteiger partial charge in [0.05, 0.1) is 6.04 Å². The fraction of sp³-hybridized carbons (Fsp3) is 0.167. The average Bonchev–Trinajstić information content (AvgIpc) is 2.56. The number of carbonyl (C=O) groups is 1. The molecule has 0 bridgehead atoms. The molecule has 1 aliphatic heterocycles. The molecule has 112 valence electrons. The van der Waals surface area contributed by atoms with Crippen LogP contribution in [0.5, 0.6) is 0 Å². The molecular weight excluding hydrogens is 274 g/mol. The smallest absolute Gasteiger partial charge is 0.330 e. The second-order valence-corrected chi connectivity index (χ2v) is 5.25. The molecule has 1 saturated heterocycles. The molecule has 1 aliphatic rings. The van der Waals surface area contributed by atoms with Gasteiger partial charge in [0.1, 0.15) is 0 Å². The molecule has 1 N–H and O–H groups in total. The number of para-hydroxylation sites is 1. The van der Waals surface area contributed by atoms with Crippen molar-refractivity contribution in [2.75, 3.05) is 5.32 Å². The summed E-state index contributed by atoms with van der Waals surface area (Å²) in [6, 6.07) is 19.8. The van der Waals surface area contributed by atoms with E-state index in [1.807, 2.05) is 72.5 Å². The lowest BCUT2D eigenvalue weighted by molar-refractivity contribution is 0.0135. The molecule has 2 aromatic rings. The summed E-state index contributed by atoms with van der Waals surface area (Å²) in [4.78, 5) is 15.8. The molecule has 22 heavy (non-hydrogen) atoms. The van der Waals surface area contributed by atoms with Crippen LogP contribution in [0.3, 0.4) is 0 Å². The van der Waals surface area contributed by atoms with Gasteiger partial charge in [0.15, 0.2) is 6.29 Å². The maximum Gasteiger partial charge on any atom is 0.330 e. The summed E-state index contributed by atoms with van der Waals surface area (Å²) in [7, 11) is 0. The maximum atomic E-state index is 12.3. The van der Waals surface area contributed by atoms with Crippen molar-refractivity contribution in [2.45, 2.75) is 19.3 Å². The van der Waals surface area contributed by atoms with Gasteiger partial charge >= 0.3 is 6.03 Å². The largest absolute Gasteiger partial charge is 0.348 e. The molecule has 4 nitrogen and oxygen atoms in total. The Labute approximate surface area is 130 Å². The summed E-state index contributed by atoms with van der Waals surface area (Å²) in [5.41, 5.74) is 2.08. The van der Waals surface area contributed by atoms with Gasteiger partial charge < -0.3 is 5.32 Å². The number of nitrogens with zero attached hydrogens (tertiary/aromatic N) is 2. The van der Waals surface area contributed by atoms with E-state index in [9.17, 15) is 4.79 Å². The highest BCUT2D eigenvalue weighted by molar-refractivity contribution is 5.83. The van der Waals surface area contributed by atoms with Crippen molar-refractivity contribution in [3.63, 3.8) is 0 Å². The first-order valence-corrected chi connectivity index (χ1v) is 7.32. The van der Waals surface area contributed by atoms with Gasteiger partial charge in [0.2, 0.25) is 0 Å². The first-order chi connectivity index (χ1) is 10.7. The van der Waals surface area contributed by atoms with E-state index in [0.29, 0.717) is 0 Å². The topological polar surface area (TPSA) is 35.6 Å². The van der Waals surface area contributed by atoms with Crippen LogP contribution < -0.4 is 5.32 Å². The number of anilines is 1. The van der Waals surface area contributed by atoms with Crippen LogP contribution in [0.15, 0.2) is 73.4 Å². The standard InChI is InChI=1S/C18H19N3O/c1-3-20-17(19-16-12-8-5-9-13-16)21(18(20)22)14(2)15-10-6-4-7-11-15/h3-14,17,19H,1H2,2H3. The van der Waals surface area contributed by atoms with Crippen molar-refractivity contribution in [3.05, 3.63) is 79.0 Å². The van der Waals surface area contributed by atoms with Crippen molar-refractivity contribution in [1.29, 1.82) is 0 Å². The zero-order valence-corrected chi connectivity index (χ0v) is 12.5. The van der Waals surface area contributed by atoms with Crippen LogP contribution in [0.2, 0.25) is 0 Å². The molecule has 4 heteroatoms. The number of hydrogen-bond acceptors (Lipinski definition) is 2. The fourth-order valence-electron chi connectivity index (χ4n) is 2.69. The lowest BCUT2D eigenvalue weighted by Crippen LogP contribution is -2.68. The van der Waals surface area contributed by atoms with E-state index >= 15 is 0 Å². The maximum absolute atomic E-state index is 12.3. The van der Waals surface area contributed by atoms with E-state index in [1.54, 1.807) is 11.1 Å². The number of rotatable bonds is 5. The Morgan fingerprint density at radius 1 is 1.09 bits per heavy atom. The van der Waals surface area contributed by atoms with Gasteiger partial charge in [-0.3, -0.25) is 9.80 Å². The van der Waals surface area contributed by atoms with Gasteiger partial charge in [0.25, 0.3) is 0 Å². The fourth-order valence-corrected chi connectivity index (χ4v) is 2.69. The van der Waals surface area contributed by atoms with E-state index in [2.05, 4.69) is 11.9 Å². The third-order valence-corrected chi connectivity index (χ3v) is 3.93. The highest BCUT2D eigenvalue weighted by Gasteiger charge is 2.45. The summed E-state index contributed by atoms with van der Waals surface area (Å²) in [6.07, 6.45) is 1.35. The van der Waals surface area contributed by atoms with Crippen molar-refractivity contribution in [2.24, 2.45) is 0 Å². The minimum atomic E-state index is -0.220. The summed E-state index contributed by atoms with van der Waals surface area (Å²) in [5, 5.41) is 3.37. The van der Waals surface area contributed by atoms with Crippen molar-refractivity contribution >= 4 is 11.7 Å². The second-order valence-electron chi connectivity index (χ2n) is 5.25. The third kappa shape index (κ3) is 2.44. The lowest BCUT2D eigenvalue weighted by atomic mass is 10.1. The van der Waals surface area contributed by atoms with E-state index in [1.165, 1.54) is 0 Å². The normalized spacial score (nSPS) is 18.6. The van der Waals surface area contributed by atoms with Crippen molar-refractivity contribution in [1.82, 2.24) is 9.80 Å². The number of urea groups is 1. The van der Waals surface area contributed by atoms with Crippen LogP contribution >= 0.6 is 0 Å². The van der Waals surface area contributed by atoms with E-state index < -0.39 is 0 Å².